The highest BCUT2D eigenvalue weighted by Crippen LogP contribution is 2.30. The fraction of sp³-hybridized carbons (Fsp3) is 0.107. The number of amides is 1. The lowest BCUT2D eigenvalue weighted by molar-refractivity contribution is -0.107. The van der Waals surface area contributed by atoms with Crippen molar-refractivity contribution < 1.29 is 13.6 Å². The number of aromatic nitrogens is 1. The number of carbonyl (C=O) groups is 1. The second kappa shape index (κ2) is 11.0. The molecule has 3 aromatic carbocycles. The predicted octanol–water partition coefficient (Wildman–Crippen LogP) is 5.72. The summed E-state index contributed by atoms with van der Waals surface area (Å²) in [5.74, 6) is -0.211. The van der Waals surface area contributed by atoms with Gasteiger partial charge in [0.25, 0.3) is 0 Å². The van der Waals surface area contributed by atoms with E-state index in [9.17, 15) is 18.8 Å². The van der Waals surface area contributed by atoms with Gasteiger partial charge >= 0.3 is 0 Å². The molecule has 1 N–H and O–H groups in total. The minimum atomic E-state index is -0.353. The predicted molar refractivity (Wildman–Crippen MR) is 132 cm³/mol. The monoisotopic (exact) mass is 468 g/mol. The van der Waals surface area contributed by atoms with E-state index in [0.717, 1.165) is 11.1 Å². The number of carbonyl (C=O) groups excluding carboxylic acids is 1. The molecule has 1 heterocycles. The van der Waals surface area contributed by atoms with E-state index < -0.39 is 0 Å². The smallest absolute Gasteiger partial charge is 0.214 e. The van der Waals surface area contributed by atoms with Crippen LogP contribution in [0, 0.1) is 23.0 Å². The van der Waals surface area contributed by atoms with E-state index in [1.54, 1.807) is 42.5 Å². The Morgan fingerprint density at radius 3 is 2.46 bits per heavy atom. The molecule has 0 unspecified atom stereocenters. The first-order valence-electron chi connectivity index (χ1n) is 11.0. The Bertz CT molecular complexity index is 1370. The van der Waals surface area contributed by atoms with E-state index in [-0.39, 0.29) is 18.2 Å². The molecule has 0 bridgehead atoms. The third-order valence-electron chi connectivity index (χ3n) is 5.50. The second-order valence-electron chi connectivity index (χ2n) is 7.89. The van der Waals surface area contributed by atoms with Crippen LogP contribution in [0.1, 0.15) is 16.7 Å². The summed E-state index contributed by atoms with van der Waals surface area (Å²) in [5.41, 5.74) is 3.84. The first-order chi connectivity index (χ1) is 17.1. The summed E-state index contributed by atoms with van der Waals surface area (Å²) >= 11 is 0. The van der Waals surface area contributed by atoms with Gasteiger partial charge in [-0.05, 0) is 60.0 Å². The van der Waals surface area contributed by atoms with Crippen LogP contribution in [0.2, 0.25) is 0 Å². The molecule has 5 nitrogen and oxygen atoms in total. The molecule has 4 aromatic rings. The average molecular weight is 469 g/mol. The third kappa shape index (κ3) is 5.87. The van der Waals surface area contributed by atoms with Gasteiger partial charge in [0.1, 0.15) is 11.6 Å². The standard InChI is InChI=1S/C28H22F2N4O/c29-23-10-8-21(9-11-23)18-34(19-35)27-13-12-26(25-7-2-1-5-22(25)17-31)33-28(27)32-15-14-20-4-3-6-24(30)16-20/h1-13,16,19H,14-15,18H2,(H,32,33). The molecule has 0 fully saturated rings. The number of rotatable bonds is 9. The Labute approximate surface area is 202 Å². The normalized spacial score (nSPS) is 10.4. The zero-order chi connectivity index (χ0) is 24.6. The quantitative estimate of drug-likeness (QED) is 0.319. The first kappa shape index (κ1) is 23.6. The minimum absolute atomic E-state index is 0.220. The minimum Gasteiger partial charge on any atom is -0.368 e. The molecular weight excluding hydrogens is 446 g/mol. The van der Waals surface area contributed by atoms with Gasteiger partial charge < -0.3 is 10.2 Å². The summed E-state index contributed by atoms with van der Waals surface area (Å²) < 4.78 is 26.9. The van der Waals surface area contributed by atoms with Crippen LogP contribution in [-0.2, 0) is 17.8 Å². The first-order valence-corrected chi connectivity index (χ1v) is 11.0. The summed E-state index contributed by atoms with van der Waals surface area (Å²) in [6.07, 6.45) is 1.23. The van der Waals surface area contributed by atoms with Gasteiger partial charge in [-0.25, -0.2) is 13.8 Å². The molecule has 1 amide bonds. The van der Waals surface area contributed by atoms with E-state index in [2.05, 4.69) is 11.4 Å². The Kier molecular flexibility index (Phi) is 7.44. The van der Waals surface area contributed by atoms with E-state index >= 15 is 0 Å². The maximum Gasteiger partial charge on any atom is 0.214 e. The van der Waals surface area contributed by atoms with Gasteiger partial charge in [0.15, 0.2) is 5.82 Å². The van der Waals surface area contributed by atoms with Crippen molar-refractivity contribution in [3.63, 3.8) is 0 Å². The molecule has 0 atom stereocenters. The molecule has 0 spiro atoms. The highest BCUT2D eigenvalue weighted by molar-refractivity contribution is 5.83. The zero-order valence-electron chi connectivity index (χ0n) is 18.8. The van der Waals surface area contributed by atoms with Crippen LogP contribution in [0.3, 0.4) is 0 Å². The maximum atomic E-state index is 13.5. The second-order valence-corrected chi connectivity index (χ2v) is 7.89. The summed E-state index contributed by atoms with van der Waals surface area (Å²) in [6, 6.07) is 25.1. The highest BCUT2D eigenvalue weighted by Gasteiger charge is 2.16. The third-order valence-corrected chi connectivity index (χ3v) is 5.50. The van der Waals surface area contributed by atoms with Crippen molar-refractivity contribution >= 4 is 17.9 Å². The highest BCUT2D eigenvalue weighted by atomic mass is 19.1. The molecular formula is C28H22F2N4O. The number of anilines is 2. The van der Waals surface area contributed by atoms with E-state index in [0.29, 0.717) is 47.7 Å². The number of hydrogen-bond donors (Lipinski definition) is 1. The van der Waals surface area contributed by atoms with Gasteiger partial charge in [-0.15, -0.1) is 0 Å². The fourth-order valence-electron chi connectivity index (χ4n) is 3.75. The number of nitrogens with one attached hydrogen (secondary N) is 1. The van der Waals surface area contributed by atoms with Crippen molar-refractivity contribution in [3.8, 4) is 17.3 Å². The molecule has 174 valence electrons. The van der Waals surface area contributed by atoms with Gasteiger partial charge in [-0.3, -0.25) is 4.79 Å². The van der Waals surface area contributed by atoms with Gasteiger partial charge in [-0.2, -0.15) is 5.26 Å². The molecule has 0 aliphatic carbocycles. The molecule has 0 aliphatic rings. The number of benzene rings is 3. The lowest BCUT2D eigenvalue weighted by Crippen LogP contribution is -2.22. The molecule has 35 heavy (non-hydrogen) atoms. The van der Waals surface area contributed by atoms with Crippen LogP contribution in [-0.4, -0.2) is 17.9 Å². The van der Waals surface area contributed by atoms with Crippen LogP contribution in [0.15, 0.2) is 84.9 Å². The molecule has 7 heteroatoms. The SMILES string of the molecule is N#Cc1ccccc1-c1ccc(N(C=O)Cc2ccc(F)cc2)c(NCCc2cccc(F)c2)n1. The summed E-state index contributed by atoms with van der Waals surface area (Å²) in [7, 11) is 0. The Morgan fingerprint density at radius 2 is 1.71 bits per heavy atom. The van der Waals surface area contributed by atoms with Gasteiger partial charge in [-0.1, -0.05) is 42.5 Å². The largest absolute Gasteiger partial charge is 0.368 e. The van der Waals surface area contributed by atoms with Crippen LogP contribution >= 0.6 is 0 Å². The van der Waals surface area contributed by atoms with Crippen LogP contribution in [0.5, 0.6) is 0 Å². The summed E-state index contributed by atoms with van der Waals surface area (Å²) in [5, 5.41) is 12.8. The molecule has 0 saturated heterocycles. The van der Waals surface area contributed by atoms with E-state index in [4.69, 9.17) is 4.98 Å². The topological polar surface area (TPSA) is 69.0 Å². The zero-order valence-corrected chi connectivity index (χ0v) is 18.8. The molecule has 0 radical (unpaired) electrons. The van der Waals surface area contributed by atoms with Crippen molar-refractivity contribution in [2.75, 3.05) is 16.8 Å². The summed E-state index contributed by atoms with van der Waals surface area (Å²) in [6.45, 7) is 0.661. The van der Waals surface area contributed by atoms with Crippen molar-refractivity contribution in [2.45, 2.75) is 13.0 Å². The molecule has 4 rings (SSSR count). The molecule has 0 aliphatic heterocycles. The molecule has 1 aromatic heterocycles. The van der Waals surface area contributed by atoms with E-state index in [1.165, 1.54) is 29.2 Å². The van der Waals surface area contributed by atoms with Crippen molar-refractivity contribution in [1.29, 1.82) is 5.26 Å². The Balaban J connectivity index is 1.66. The van der Waals surface area contributed by atoms with Crippen LogP contribution < -0.4 is 10.2 Å². The van der Waals surface area contributed by atoms with E-state index in [1.807, 2.05) is 18.2 Å². The van der Waals surface area contributed by atoms with Crippen molar-refractivity contribution in [1.82, 2.24) is 4.98 Å². The fourth-order valence-corrected chi connectivity index (χ4v) is 3.75. The Hall–Kier alpha value is -4.57. The maximum absolute atomic E-state index is 13.5. The lowest BCUT2D eigenvalue weighted by Gasteiger charge is -2.22. The average Bonchev–Trinajstić information content (AvgIpc) is 2.88. The number of hydrogen-bond acceptors (Lipinski definition) is 4. The van der Waals surface area contributed by atoms with Gasteiger partial charge in [0.05, 0.1) is 29.6 Å². The number of halogens is 2. The number of nitriles is 1. The number of nitrogens with zero attached hydrogens (tertiary/aromatic N) is 3. The van der Waals surface area contributed by atoms with Crippen molar-refractivity contribution in [2.24, 2.45) is 0 Å². The van der Waals surface area contributed by atoms with Crippen LogP contribution in [0.4, 0.5) is 20.3 Å². The number of pyridine rings is 1. The van der Waals surface area contributed by atoms with Crippen molar-refractivity contribution in [3.05, 3.63) is 113 Å². The molecule has 0 saturated carbocycles. The lowest BCUT2D eigenvalue weighted by atomic mass is 10.0. The Morgan fingerprint density at radius 1 is 0.914 bits per heavy atom. The van der Waals surface area contributed by atoms with Gasteiger partial charge in [0, 0.05) is 12.1 Å². The van der Waals surface area contributed by atoms with Crippen LogP contribution in [0.25, 0.3) is 11.3 Å². The van der Waals surface area contributed by atoms with Gasteiger partial charge in [0.2, 0.25) is 6.41 Å². The summed E-state index contributed by atoms with van der Waals surface area (Å²) in [4.78, 5) is 18.2.